The molecule has 3 aliphatic carbocycles. The van der Waals surface area contributed by atoms with E-state index in [9.17, 15) is 4.79 Å². The monoisotopic (exact) mass is 226 g/mol. The van der Waals surface area contributed by atoms with Crippen LogP contribution in [0.1, 0.15) is 45.4 Å². The lowest BCUT2D eigenvalue weighted by atomic mass is 9.57. The summed E-state index contributed by atoms with van der Waals surface area (Å²) in [7, 11) is 0. The molecule has 0 aromatic carbocycles. The first kappa shape index (κ1) is 11.9. The van der Waals surface area contributed by atoms with Crippen LogP contribution in [-0.4, -0.2) is 29.2 Å². The minimum atomic E-state index is -0.190. The Morgan fingerprint density at radius 1 is 1.31 bits per heavy atom. The molecular formula is C12H22N2O2. The maximum atomic E-state index is 12.2. The van der Waals surface area contributed by atoms with Gasteiger partial charge in [-0.2, -0.15) is 0 Å². The summed E-state index contributed by atoms with van der Waals surface area (Å²) in [6.07, 6.45) is 5.63. The number of hydrogen-bond acceptors (Lipinski definition) is 3. The Morgan fingerprint density at radius 2 is 1.81 bits per heavy atom. The van der Waals surface area contributed by atoms with Crippen molar-refractivity contribution in [2.24, 2.45) is 11.1 Å². The molecule has 2 bridgehead atoms. The highest BCUT2D eigenvalue weighted by atomic mass is 16.3. The number of carbonyl (C=O) groups excluding carboxylic acids is 1. The van der Waals surface area contributed by atoms with Gasteiger partial charge in [-0.15, -0.1) is 0 Å². The Hall–Kier alpha value is -0.610. The molecule has 3 aliphatic rings. The van der Waals surface area contributed by atoms with E-state index in [0.29, 0.717) is 0 Å². The van der Waals surface area contributed by atoms with Crippen molar-refractivity contribution in [2.75, 3.05) is 6.61 Å². The van der Waals surface area contributed by atoms with E-state index in [4.69, 9.17) is 10.8 Å². The maximum Gasteiger partial charge on any atom is 0.226 e. The van der Waals surface area contributed by atoms with Crippen molar-refractivity contribution in [1.82, 2.24) is 5.32 Å². The van der Waals surface area contributed by atoms with Crippen LogP contribution in [0.4, 0.5) is 0 Å². The number of fused-ring (bicyclic) bond motifs is 3. The molecule has 1 atom stereocenters. The molecule has 16 heavy (non-hydrogen) atoms. The van der Waals surface area contributed by atoms with E-state index < -0.39 is 0 Å². The largest absolute Gasteiger partial charge is 0.394 e. The van der Waals surface area contributed by atoms with Gasteiger partial charge in [0.05, 0.1) is 6.61 Å². The lowest BCUT2D eigenvalue weighted by Gasteiger charge is -2.50. The maximum absolute atomic E-state index is 12.2. The summed E-state index contributed by atoms with van der Waals surface area (Å²) >= 11 is 0. The number of nitrogens with two attached hydrogens (primary N) is 1. The molecule has 1 amide bonds. The first-order valence-electron chi connectivity index (χ1n) is 6.20. The third-order valence-corrected chi connectivity index (χ3v) is 4.44. The Balaban J connectivity index is 2.01. The zero-order valence-corrected chi connectivity index (χ0v) is 9.96. The second-order valence-electron chi connectivity index (χ2n) is 5.70. The highest BCUT2D eigenvalue weighted by Crippen LogP contribution is 2.51. The minimum Gasteiger partial charge on any atom is -0.394 e. The van der Waals surface area contributed by atoms with Gasteiger partial charge in [-0.25, -0.2) is 0 Å². The van der Waals surface area contributed by atoms with Gasteiger partial charge in [0.15, 0.2) is 0 Å². The van der Waals surface area contributed by atoms with E-state index in [1.807, 2.05) is 6.92 Å². The molecule has 0 saturated heterocycles. The van der Waals surface area contributed by atoms with E-state index in [-0.39, 0.29) is 29.5 Å². The summed E-state index contributed by atoms with van der Waals surface area (Å²) in [5.41, 5.74) is 6.03. The van der Waals surface area contributed by atoms with Crippen LogP contribution in [0.15, 0.2) is 0 Å². The van der Waals surface area contributed by atoms with Crippen LogP contribution < -0.4 is 11.1 Å². The van der Waals surface area contributed by atoms with Crippen molar-refractivity contribution in [1.29, 1.82) is 0 Å². The molecule has 0 spiro atoms. The second-order valence-corrected chi connectivity index (χ2v) is 5.70. The van der Waals surface area contributed by atoms with Gasteiger partial charge < -0.3 is 16.2 Å². The van der Waals surface area contributed by atoms with Gasteiger partial charge in [-0.05, 0) is 45.4 Å². The molecule has 0 aliphatic heterocycles. The number of amides is 1. The number of aliphatic hydroxyl groups is 1. The molecule has 4 nitrogen and oxygen atoms in total. The molecular weight excluding hydrogens is 204 g/mol. The fraction of sp³-hybridized carbons (Fsp3) is 0.917. The molecule has 0 heterocycles. The summed E-state index contributed by atoms with van der Waals surface area (Å²) in [6.45, 7) is 1.83. The van der Waals surface area contributed by atoms with Crippen LogP contribution in [0.3, 0.4) is 0 Å². The minimum absolute atomic E-state index is 0.00263. The highest BCUT2D eigenvalue weighted by Gasteiger charge is 2.50. The van der Waals surface area contributed by atoms with E-state index >= 15 is 0 Å². The quantitative estimate of drug-likeness (QED) is 0.657. The average Bonchev–Trinajstić information content (AvgIpc) is 2.30. The SMILES string of the molecule is C[C@H](CO)NC(=O)C12CCC(N)(CC1)CC2. The van der Waals surface area contributed by atoms with E-state index in [1.54, 1.807) is 0 Å². The molecule has 3 saturated carbocycles. The number of carbonyl (C=O) groups is 1. The van der Waals surface area contributed by atoms with Crippen molar-refractivity contribution < 1.29 is 9.90 Å². The standard InChI is InChI=1S/C12H22N2O2/c1-9(8-15)14-10(16)11-2-5-12(13,6-3-11)7-4-11/h9,15H,2-8,13H2,1H3,(H,14,16)/t9-,11?,12?/m1/s1. The van der Waals surface area contributed by atoms with Crippen LogP contribution in [0.5, 0.6) is 0 Å². The van der Waals surface area contributed by atoms with E-state index in [0.717, 1.165) is 38.5 Å². The van der Waals surface area contributed by atoms with Gasteiger partial charge in [0.1, 0.15) is 0 Å². The van der Waals surface area contributed by atoms with Gasteiger partial charge in [-0.1, -0.05) is 0 Å². The predicted molar refractivity (Wildman–Crippen MR) is 61.7 cm³/mol. The highest BCUT2D eigenvalue weighted by molar-refractivity contribution is 5.83. The third-order valence-electron chi connectivity index (χ3n) is 4.44. The van der Waals surface area contributed by atoms with Crippen LogP contribution in [0.25, 0.3) is 0 Å². The van der Waals surface area contributed by atoms with Gasteiger partial charge in [0.25, 0.3) is 0 Å². The molecule has 0 unspecified atom stereocenters. The predicted octanol–water partition coefficient (Wildman–Crippen LogP) is 0.535. The molecule has 0 aromatic heterocycles. The zero-order chi connectivity index (χ0) is 11.8. The van der Waals surface area contributed by atoms with Crippen LogP contribution in [0, 0.1) is 5.41 Å². The fourth-order valence-electron chi connectivity index (χ4n) is 2.98. The number of aliphatic hydroxyl groups excluding tert-OH is 1. The third kappa shape index (κ3) is 1.96. The van der Waals surface area contributed by atoms with Crippen molar-refractivity contribution in [3.05, 3.63) is 0 Å². The van der Waals surface area contributed by atoms with Crippen molar-refractivity contribution in [3.8, 4) is 0 Å². The number of hydrogen-bond donors (Lipinski definition) is 3. The topological polar surface area (TPSA) is 75.3 Å². The van der Waals surface area contributed by atoms with Crippen LogP contribution >= 0.6 is 0 Å². The van der Waals surface area contributed by atoms with Crippen molar-refractivity contribution >= 4 is 5.91 Å². The lowest BCUT2D eigenvalue weighted by molar-refractivity contribution is -0.138. The first-order chi connectivity index (χ1) is 7.50. The van der Waals surface area contributed by atoms with Crippen LogP contribution in [-0.2, 0) is 4.79 Å². The fourth-order valence-corrected chi connectivity index (χ4v) is 2.98. The number of rotatable bonds is 3. The number of nitrogens with one attached hydrogen (secondary N) is 1. The summed E-state index contributed by atoms with van der Waals surface area (Å²) in [4.78, 5) is 12.2. The molecule has 4 heteroatoms. The Bertz CT molecular complexity index is 266. The Labute approximate surface area is 96.6 Å². The lowest BCUT2D eigenvalue weighted by Crippen LogP contribution is -2.57. The Morgan fingerprint density at radius 3 is 2.25 bits per heavy atom. The Kier molecular flexibility index (Phi) is 2.97. The summed E-state index contributed by atoms with van der Waals surface area (Å²) in [5, 5.41) is 11.9. The van der Waals surface area contributed by atoms with Gasteiger partial charge in [0.2, 0.25) is 5.91 Å². The van der Waals surface area contributed by atoms with E-state index in [2.05, 4.69) is 5.32 Å². The molecule has 0 radical (unpaired) electrons. The van der Waals surface area contributed by atoms with Crippen molar-refractivity contribution in [2.45, 2.75) is 57.0 Å². The summed E-state index contributed by atoms with van der Waals surface area (Å²) < 4.78 is 0. The van der Waals surface area contributed by atoms with Gasteiger partial charge in [-0.3, -0.25) is 4.79 Å². The normalized spacial score (nSPS) is 39.4. The molecule has 3 rings (SSSR count). The van der Waals surface area contributed by atoms with E-state index in [1.165, 1.54) is 0 Å². The summed E-state index contributed by atoms with van der Waals surface area (Å²) in [6, 6.07) is -0.145. The summed E-state index contributed by atoms with van der Waals surface area (Å²) in [5.74, 6) is 0.121. The van der Waals surface area contributed by atoms with Crippen molar-refractivity contribution in [3.63, 3.8) is 0 Å². The molecule has 92 valence electrons. The smallest absolute Gasteiger partial charge is 0.226 e. The van der Waals surface area contributed by atoms with Gasteiger partial charge in [0, 0.05) is 17.0 Å². The van der Waals surface area contributed by atoms with Crippen LogP contribution in [0.2, 0.25) is 0 Å². The molecule has 4 N–H and O–H groups in total. The average molecular weight is 226 g/mol. The van der Waals surface area contributed by atoms with Gasteiger partial charge >= 0.3 is 0 Å². The second kappa shape index (κ2) is 4.00. The zero-order valence-electron chi connectivity index (χ0n) is 9.96. The molecule has 0 aromatic rings. The first-order valence-corrected chi connectivity index (χ1v) is 6.20. The molecule has 3 fully saturated rings.